The molecular formula is C15H21N3OS. The van der Waals surface area contributed by atoms with E-state index >= 15 is 0 Å². The molecule has 0 bridgehead atoms. The number of hydrogen-bond donors (Lipinski definition) is 1. The van der Waals surface area contributed by atoms with Crippen LogP contribution in [-0.4, -0.2) is 40.7 Å². The molecule has 1 saturated heterocycles. The van der Waals surface area contributed by atoms with Crippen molar-refractivity contribution in [2.45, 2.75) is 32.4 Å². The largest absolute Gasteiger partial charge is 0.494 e. The van der Waals surface area contributed by atoms with Crippen LogP contribution in [0.3, 0.4) is 0 Å². The van der Waals surface area contributed by atoms with E-state index < -0.39 is 0 Å². The van der Waals surface area contributed by atoms with E-state index in [1.807, 2.05) is 12.1 Å². The van der Waals surface area contributed by atoms with Gasteiger partial charge in [-0.1, -0.05) is 13.0 Å². The Balaban J connectivity index is 1.99. The number of rotatable bonds is 4. The molecule has 1 aliphatic rings. The molecule has 108 valence electrons. The highest BCUT2D eigenvalue weighted by Crippen LogP contribution is 2.26. The highest BCUT2D eigenvalue weighted by Gasteiger charge is 2.24. The standard InChI is InChI=1S/C15H21N3OS/c1-3-17-9-5-6-11(17)10-18-12-7-4-8-13(19-2)14(12)16-15(18)20/h4,7-8,11H,3,5-6,9-10H2,1-2H3,(H,16,20). The summed E-state index contributed by atoms with van der Waals surface area (Å²) < 4.78 is 8.41. The van der Waals surface area contributed by atoms with Gasteiger partial charge in [-0.05, 0) is 50.3 Å². The molecule has 3 rings (SSSR count). The molecule has 2 aromatic rings. The zero-order valence-corrected chi connectivity index (χ0v) is 12.9. The molecule has 1 N–H and O–H groups in total. The van der Waals surface area contributed by atoms with Crippen LogP contribution < -0.4 is 4.74 Å². The summed E-state index contributed by atoms with van der Waals surface area (Å²) in [5.74, 6) is 0.853. The number of likely N-dealkylation sites (tertiary alicyclic amines) is 1. The zero-order valence-electron chi connectivity index (χ0n) is 12.1. The van der Waals surface area contributed by atoms with Crippen LogP contribution in [0.25, 0.3) is 11.0 Å². The van der Waals surface area contributed by atoms with Gasteiger partial charge < -0.3 is 14.3 Å². The first-order valence-electron chi connectivity index (χ1n) is 7.24. The van der Waals surface area contributed by atoms with Gasteiger partial charge in [0.05, 0.1) is 12.6 Å². The smallest absolute Gasteiger partial charge is 0.178 e. The minimum Gasteiger partial charge on any atom is -0.494 e. The Labute approximate surface area is 124 Å². The molecule has 0 radical (unpaired) electrons. The van der Waals surface area contributed by atoms with E-state index in [-0.39, 0.29) is 0 Å². The fraction of sp³-hybridized carbons (Fsp3) is 0.533. The summed E-state index contributed by atoms with van der Waals surface area (Å²) >= 11 is 5.50. The topological polar surface area (TPSA) is 33.2 Å². The van der Waals surface area contributed by atoms with Gasteiger partial charge in [0.1, 0.15) is 11.3 Å². The fourth-order valence-electron chi connectivity index (χ4n) is 3.23. The summed E-state index contributed by atoms with van der Waals surface area (Å²) in [6.45, 7) is 5.51. The number of nitrogens with one attached hydrogen (secondary N) is 1. The lowest BCUT2D eigenvalue weighted by Crippen LogP contribution is -2.32. The Morgan fingerprint density at radius 2 is 2.30 bits per heavy atom. The molecular weight excluding hydrogens is 270 g/mol. The minimum atomic E-state index is 0.594. The second-order valence-electron chi connectivity index (χ2n) is 5.32. The third-order valence-electron chi connectivity index (χ3n) is 4.29. The number of fused-ring (bicyclic) bond motifs is 1. The van der Waals surface area contributed by atoms with Crippen molar-refractivity contribution >= 4 is 23.3 Å². The molecule has 4 nitrogen and oxygen atoms in total. The van der Waals surface area contributed by atoms with Gasteiger partial charge in [0.25, 0.3) is 0 Å². The van der Waals surface area contributed by atoms with Gasteiger partial charge in [-0.3, -0.25) is 4.90 Å². The Kier molecular flexibility index (Phi) is 3.81. The van der Waals surface area contributed by atoms with Crippen molar-refractivity contribution in [2.24, 2.45) is 0 Å². The Morgan fingerprint density at radius 1 is 1.45 bits per heavy atom. The molecule has 1 atom stereocenters. The number of aromatic nitrogens is 2. The lowest BCUT2D eigenvalue weighted by molar-refractivity contribution is 0.245. The molecule has 1 fully saturated rings. The number of H-pyrrole nitrogens is 1. The van der Waals surface area contributed by atoms with Crippen molar-refractivity contribution in [3.63, 3.8) is 0 Å². The van der Waals surface area contributed by atoms with Gasteiger partial charge in [-0.15, -0.1) is 0 Å². The summed E-state index contributed by atoms with van der Waals surface area (Å²) in [7, 11) is 1.69. The van der Waals surface area contributed by atoms with Crippen LogP contribution in [0.15, 0.2) is 18.2 Å². The van der Waals surface area contributed by atoms with E-state index in [9.17, 15) is 0 Å². The normalized spacial score (nSPS) is 19.8. The summed E-state index contributed by atoms with van der Waals surface area (Å²) in [6.07, 6.45) is 2.55. The number of nitrogens with zero attached hydrogens (tertiary/aromatic N) is 2. The third-order valence-corrected chi connectivity index (χ3v) is 4.61. The molecule has 1 aromatic heterocycles. The number of aromatic amines is 1. The van der Waals surface area contributed by atoms with Gasteiger partial charge in [-0.2, -0.15) is 0 Å². The van der Waals surface area contributed by atoms with Crippen LogP contribution in [0.2, 0.25) is 0 Å². The maximum Gasteiger partial charge on any atom is 0.178 e. The highest BCUT2D eigenvalue weighted by molar-refractivity contribution is 7.71. The molecule has 5 heteroatoms. The molecule has 1 unspecified atom stereocenters. The van der Waals surface area contributed by atoms with Crippen molar-refractivity contribution < 1.29 is 4.74 Å². The van der Waals surface area contributed by atoms with Crippen LogP contribution in [0.5, 0.6) is 5.75 Å². The fourth-order valence-corrected chi connectivity index (χ4v) is 3.51. The first kappa shape index (κ1) is 13.6. The number of para-hydroxylation sites is 1. The summed E-state index contributed by atoms with van der Waals surface area (Å²) in [5, 5.41) is 0. The van der Waals surface area contributed by atoms with E-state index in [4.69, 9.17) is 17.0 Å². The van der Waals surface area contributed by atoms with Gasteiger partial charge >= 0.3 is 0 Å². The predicted molar refractivity (Wildman–Crippen MR) is 83.9 cm³/mol. The number of imidazole rings is 1. The number of benzene rings is 1. The lowest BCUT2D eigenvalue weighted by Gasteiger charge is -2.23. The molecule has 0 spiro atoms. The van der Waals surface area contributed by atoms with Crippen molar-refractivity contribution in [3.05, 3.63) is 23.0 Å². The lowest BCUT2D eigenvalue weighted by atomic mass is 10.2. The van der Waals surface area contributed by atoms with Gasteiger partial charge in [0, 0.05) is 12.6 Å². The quantitative estimate of drug-likeness (QED) is 0.878. The van der Waals surface area contributed by atoms with Crippen LogP contribution >= 0.6 is 12.2 Å². The Hall–Kier alpha value is -1.33. The minimum absolute atomic E-state index is 0.594. The van der Waals surface area contributed by atoms with Crippen LogP contribution in [0, 0.1) is 4.77 Å². The van der Waals surface area contributed by atoms with Gasteiger partial charge in [0.2, 0.25) is 0 Å². The molecule has 20 heavy (non-hydrogen) atoms. The third kappa shape index (κ3) is 2.25. The molecule has 2 heterocycles. The number of hydrogen-bond acceptors (Lipinski definition) is 3. The first-order valence-corrected chi connectivity index (χ1v) is 7.65. The number of methoxy groups -OCH3 is 1. The van der Waals surface area contributed by atoms with Crippen LogP contribution in [0.4, 0.5) is 0 Å². The van der Waals surface area contributed by atoms with Crippen molar-refractivity contribution in [3.8, 4) is 5.75 Å². The maximum absolute atomic E-state index is 5.50. The van der Waals surface area contributed by atoms with E-state index in [1.54, 1.807) is 7.11 Å². The molecule has 0 amide bonds. The average Bonchev–Trinajstić information content (AvgIpc) is 3.04. The van der Waals surface area contributed by atoms with Crippen LogP contribution in [0.1, 0.15) is 19.8 Å². The first-order chi connectivity index (χ1) is 9.74. The van der Waals surface area contributed by atoms with E-state index in [2.05, 4.69) is 27.4 Å². The van der Waals surface area contributed by atoms with E-state index in [0.29, 0.717) is 6.04 Å². The Morgan fingerprint density at radius 3 is 3.05 bits per heavy atom. The van der Waals surface area contributed by atoms with E-state index in [1.165, 1.54) is 19.4 Å². The van der Waals surface area contributed by atoms with Crippen molar-refractivity contribution in [1.29, 1.82) is 0 Å². The highest BCUT2D eigenvalue weighted by atomic mass is 32.1. The zero-order chi connectivity index (χ0) is 14.1. The number of likely N-dealkylation sites (N-methyl/N-ethyl adjacent to an activating group) is 1. The van der Waals surface area contributed by atoms with Crippen LogP contribution in [-0.2, 0) is 6.54 Å². The monoisotopic (exact) mass is 291 g/mol. The molecule has 1 aromatic carbocycles. The average molecular weight is 291 g/mol. The SMILES string of the molecule is CCN1CCCC1Cn1c(=S)[nH]c2c(OC)cccc21. The second kappa shape index (κ2) is 5.58. The van der Waals surface area contributed by atoms with Crippen molar-refractivity contribution in [2.75, 3.05) is 20.2 Å². The van der Waals surface area contributed by atoms with Crippen molar-refractivity contribution in [1.82, 2.24) is 14.5 Å². The summed E-state index contributed by atoms with van der Waals surface area (Å²) in [5.41, 5.74) is 2.14. The molecule has 0 aliphatic carbocycles. The second-order valence-corrected chi connectivity index (χ2v) is 5.71. The van der Waals surface area contributed by atoms with E-state index in [0.717, 1.165) is 34.6 Å². The number of ether oxygens (including phenoxy) is 1. The predicted octanol–water partition coefficient (Wildman–Crippen LogP) is 3.19. The summed E-state index contributed by atoms with van der Waals surface area (Å²) in [6, 6.07) is 6.69. The Bertz CT molecular complexity index is 661. The van der Waals surface area contributed by atoms with Gasteiger partial charge in [-0.25, -0.2) is 0 Å². The molecule has 0 saturated carbocycles. The molecule has 1 aliphatic heterocycles. The summed E-state index contributed by atoms with van der Waals surface area (Å²) in [4.78, 5) is 5.83. The van der Waals surface area contributed by atoms with Gasteiger partial charge in [0.15, 0.2) is 4.77 Å². The maximum atomic E-state index is 5.50.